The molecule has 0 aromatic heterocycles. The Morgan fingerprint density at radius 2 is 2.29 bits per heavy atom. The fraction of sp³-hybridized carbons (Fsp3) is 0.455. The SMILES string of the molecule is COc1ccc2c(c1)C(F)CN(C)C2. The van der Waals surface area contributed by atoms with E-state index < -0.39 is 6.17 Å². The maximum Gasteiger partial charge on any atom is 0.138 e. The molecule has 1 aromatic rings. The molecule has 0 amide bonds. The maximum atomic E-state index is 13.6. The number of hydrogen-bond donors (Lipinski definition) is 0. The van der Waals surface area contributed by atoms with Crippen LogP contribution in [0.5, 0.6) is 5.75 Å². The first-order valence-electron chi connectivity index (χ1n) is 4.70. The molecule has 2 rings (SSSR count). The van der Waals surface area contributed by atoms with Crippen LogP contribution in [-0.2, 0) is 6.54 Å². The summed E-state index contributed by atoms with van der Waals surface area (Å²) in [6, 6.07) is 5.62. The number of methoxy groups -OCH3 is 1. The zero-order valence-corrected chi connectivity index (χ0v) is 8.46. The number of ether oxygens (including phenoxy) is 1. The number of likely N-dealkylation sites (N-methyl/N-ethyl adjacent to an activating group) is 1. The lowest BCUT2D eigenvalue weighted by atomic mass is 9.98. The third-order valence-corrected chi connectivity index (χ3v) is 2.60. The van der Waals surface area contributed by atoms with Crippen molar-refractivity contribution in [2.45, 2.75) is 12.7 Å². The first kappa shape index (κ1) is 9.46. The number of alkyl halides is 1. The molecule has 0 aliphatic carbocycles. The fourth-order valence-electron chi connectivity index (χ4n) is 1.86. The van der Waals surface area contributed by atoms with E-state index in [1.165, 1.54) is 0 Å². The van der Waals surface area contributed by atoms with E-state index in [2.05, 4.69) is 0 Å². The van der Waals surface area contributed by atoms with E-state index in [9.17, 15) is 4.39 Å². The first-order chi connectivity index (χ1) is 6.70. The summed E-state index contributed by atoms with van der Waals surface area (Å²) in [5.41, 5.74) is 1.84. The van der Waals surface area contributed by atoms with Gasteiger partial charge in [-0.1, -0.05) is 6.07 Å². The zero-order chi connectivity index (χ0) is 10.1. The van der Waals surface area contributed by atoms with Crippen molar-refractivity contribution in [3.05, 3.63) is 29.3 Å². The van der Waals surface area contributed by atoms with Gasteiger partial charge in [0.15, 0.2) is 0 Å². The second-order valence-electron chi connectivity index (χ2n) is 3.73. The van der Waals surface area contributed by atoms with E-state index in [1.54, 1.807) is 13.2 Å². The topological polar surface area (TPSA) is 12.5 Å². The van der Waals surface area contributed by atoms with Crippen molar-refractivity contribution in [3.63, 3.8) is 0 Å². The fourth-order valence-corrected chi connectivity index (χ4v) is 1.86. The van der Waals surface area contributed by atoms with Crippen molar-refractivity contribution >= 4 is 0 Å². The van der Waals surface area contributed by atoms with Gasteiger partial charge < -0.3 is 4.74 Å². The minimum atomic E-state index is -0.890. The van der Waals surface area contributed by atoms with Crippen molar-refractivity contribution in [2.75, 3.05) is 20.7 Å². The van der Waals surface area contributed by atoms with Crippen LogP contribution in [0, 0.1) is 0 Å². The Balaban J connectivity index is 2.39. The number of hydrogen-bond acceptors (Lipinski definition) is 2. The van der Waals surface area contributed by atoms with Crippen LogP contribution < -0.4 is 4.74 Å². The average Bonchev–Trinajstić information content (AvgIpc) is 2.17. The van der Waals surface area contributed by atoms with E-state index in [0.717, 1.165) is 23.4 Å². The average molecular weight is 195 g/mol. The molecular formula is C11H14FNO. The normalized spacial score (nSPS) is 21.8. The highest BCUT2D eigenvalue weighted by Gasteiger charge is 2.22. The van der Waals surface area contributed by atoms with Crippen LogP contribution >= 0.6 is 0 Å². The molecule has 1 aromatic carbocycles. The Labute approximate surface area is 83.3 Å². The summed E-state index contributed by atoms with van der Waals surface area (Å²) < 4.78 is 18.7. The summed E-state index contributed by atoms with van der Waals surface area (Å²) >= 11 is 0. The molecule has 1 aliphatic heterocycles. The van der Waals surface area contributed by atoms with E-state index in [-0.39, 0.29) is 0 Å². The van der Waals surface area contributed by atoms with Crippen molar-refractivity contribution in [1.82, 2.24) is 4.90 Å². The van der Waals surface area contributed by atoms with Gasteiger partial charge in [-0.2, -0.15) is 0 Å². The molecule has 0 bridgehead atoms. The van der Waals surface area contributed by atoms with Crippen LogP contribution in [0.1, 0.15) is 17.3 Å². The molecule has 1 unspecified atom stereocenters. The van der Waals surface area contributed by atoms with Crippen LogP contribution in [0.15, 0.2) is 18.2 Å². The van der Waals surface area contributed by atoms with E-state index in [1.807, 2.05) is 24.1 Å². The summed E-state index contributed by atoms with van der Waals surface area (Å²) in [4.78, 5) is 1.99. The Bertz CT molecular complexity index is 340. The first-order valence-corrected chi connectivity index (χ1v) is 4.70. The van der Waals surface area contributed by atoms with Gasteiger partial charge in [0.05, 0.1) is 7.11 Å². The van der Waals surface area contributed by atoms with Crippen molar-refractivity contribution < 1.29 is 9.13 Å². The van der Waals surface area contributed by atoms with Gasteiger partial charge in [-0.3, -0.25) is 4.90 Å². The van der Waals surface area contributed by atoms with Crippen LogP contribution in [0.4, 0.5) is 4.39 Å². The molecule has 76 valence electrons. The smallest absolute Gasteiger partial charge is 0.138 e. The summed E-state index contributed by atoms with van der Waals surface area (Å²) in [7, 11) is 3.53. The summed E-state index contributed by atoms with van der Waals surface area (Å²) in [5, 5.41) is 0. The van der Waals surface area contributed by atoms with Crippen LogP contribution in [0.3, 0.4) is 0 Å². The molecule has 3 heteroatoms. The third-order valence-electron chi connectivity index (χ3n) is 2.60. The molecule has 1 heterocycles. The number of fused-ring (bicyclic) bond motifs is 1. The molecule has 2 nitrogen and oxygen atoms in total. The summed E-state index contributed by atoms with van der Waals surface area (Å²) in [6.07, 6.45) is -0.890. The molecule has 0 radical (unpaired) electrons. The lowest BCUT2D eigenvalue weighted by Gasteiger charge is -2.28. The Hall–Kier alpha value is -1.09. The quantitative estimate of drug-likeness (QED) is 0.680. The standard InChI is InChI=1S/C11H14FNO/c1-13-6-8-3-4-9(14-2)5-10(8)11(12)7-13/h3-5,11H,6-7H2,1-2H3. The zero-order valence-electron chi connectivity index (χ0n) is 8.46. The highest BCUT2D eigenvalue weighted by atomic mass is 19.1. The van der Waals surface area contributed by atoms with Gasteiger partial charge in [-0.15, -0.1) is 0 Å². The third kappa shape index (κ3) is 1.60. The Kier molecular flexibility index (Phi) is 2.42. The van der Waals surface area contributed by atoms with Crippen molar-refractivity contribution in [3.8, 4) is 5.75 Å². The van der Waals surface area contributed by atoms with Crippen LogP contribution in [0.2, 0.25) is 0 Å². The largest absolute Gasteiger partial charge is 0.497 e. The highest BCUT2D eigenvalue weighted by molar-refractivity contribution is 5.38. The van der Waals surface area contributed by atoms with Crippen molar-refractivity contribution in [2.24, 2.45) is 0 Å². The number of nitrogens with zero attached hydrogens (tertiary/aromatic N) is 1. The monoisotopic (exact) mass is 195 g/mol. The second kappa shape index (κ2) is 3.58. The van der Waals surface area contributed by atoms with E-state index >= 15 is 0 Å². The van der Waals surface area contributed by atoms with Gasteiger partial charge in [0, 0.05) is 13.1 Å². The predicted octanol–water partition coefficient (Wildman–Crippen LogP) is 2.15. The summed E-state index contributed by atoms with van der Waals surface area (Å²) in [5.74, 6) is 0.732. The van der Waals surface area contributed by atoms with E-state index in [0.29, 0.717) is 6.54 Å². The van der Waals surface area contributed by atoms with E-state index in [4.69, 9.17) is 4.74 Å². The van der Waals surface area contributed by atoms with Gasteiger partial charge in [-0.05, 0) is 30.3 Å². The minimum absolute atomic E-state index is 0.472. The minimum Gasteiger partial charge on any atom is -0.497 e. The molecule has 1 aliphatic rings. The molecule has 0 N–H and O–H groups in total. The van der Waals surface area contributed by atoms with Gasteiger partial charge in [0.25, 0.3) is 0 Å². The lowest BCUT2D eigenvalue weighted by molar-refractivity contribution is 0.195. The summed E-state index contributed by atoms with van der Waals surface area (Å²) in [6.45, 7) is 1.29. The Morgan fingerprint density at radius 3 is 3.00 bits per heavy atom. The highest BCUT2D eigenvalue weighted by Crippen LogP contribution is 2.31. The number of halogens is 1. The molecule has 1 atom stereocenters. The van der Waals surface area contributed by atoms with Crippen LogP contribution in [-0.4, -0.2) is 25.6 Å². The second-order valence-corrected chi connectivity index (χ2v) is 3.73. The van der Waals surface area contributed by atoms with Crippen molar-refractivity contribution in [1.29, 1.82) is 0 Å². The molecule has 0 spiro atoms. The predicted molar refractivity (Wildman–Crippen MR) is 53.2 cm³/mol. The van der Waals surface area contributed by atoms with Crippen LogP contribution in [0.25, 0.3) is 0 Å². The van der Waals surface area contributed by atoms with Gasteiger partial charge >= 0.3 is 0 Å². The van der Waals surface area contributed by atoms with Gasteiger partial charge in [0.1, 0.15) is 11.9 Å². The molecular weight excluding hydrogens is 181 g/mol. The molecule has 0 saturated heterocycles. The maximum absolute atomic E-state index is 13.6. The molecule has 0 saturated carbocycles. The number of benzene rings is 1. The van der Waals surface area contributed by atoms with Gasteiger partial charge in [0.2, 0.25) is 0 Å². The number of rotatable bonds is 1. The molecule has 0 fully saturated rings. The molecule has 14 heavy (non-hydrogen) atoms. The van der Waals surface area contributed by atoms with Gasteiger partial charge in [-0.25, -0.2) is 4.39 Å². The lowest BCUT2D eigenvalue weighted by Crippen LogP contribution is -2.28. The Morgan fingerprint density at radius 1 is 1.50 bits per heavy atom.